The Bertz CT molecular complexity index is 900. The number of oxazole rings is 1. The minimum absolute atomic E-state index is 0.194. The van der Waals surface area contributed by atoms with Crippen LogP contribution in [-0.4, -0.2) is 51.1 Å². The van der Waals surface area contributed by atoms with Crippen LogP contribution in [0.5, 0.6) is 5.75 Å². The molecule has 0 bridgehead atoms. The van der Waals surface area contributed by atoms with Gasteiger partial charge in [-0.15, -0.1) is 0 Å². The highest BCUT2D eigenvalue weighted by atomic mass is 16.3. The summed E-state index contributed by atoms with van der Waals surface area (Å²) in [5.74, 6) is 1.91. The monoisotopic (exact) mass is 339 g/mol. The third-order valence-corrected chi connectivity index (χ3v) is 4.76. The van der Waals surface area contributed by atoms with Gasteiger partial charge in [0, 0.05) is 43.5 Å². The Morgan fingerprint density at radius 1 is 1.12 bits per heavy atom. The van der Waals surface area contributed by atoms with Gasteiger partial charge in [0.1, 0.15) is 23.4 Å². The number of phenols is 1. The van der Waals surface area contributed by atoms with Gasteiger partial charge in [-0.25, -0.2) is 15.0 Å². The van der Waals surface area contributed by atoms with Crippen molar-refractivity contribution < 1.29 is 9.52 Å². The number of aromatic hydroxyl groups is 1. The molecule has 0 unspecified atom stereocenters. The van der Waals surface area contributed by atoms with Crippen molar-refractivity contribution in [1.29, 1.82) is 0 Å². The minimum atomic E-state index is 0.194. The maximum atomic E-state index is 9.53. The Balaban J connectivity index is 1.42. The normalized spacial score (nSPS) is 15.8. The number of benzene rings is 1. The molecule has 0 radical (unpaired) electrons. The van der Waals surface area contributed by atoms with Crippen LogP contribution in [0.1, 0.15) is 17.1 Å². The lowest BCUT2D eigenvalue weighted by Gasteiger charge is -2.35. The summed E-state index contributed by atoms with van der Waals surface area (Å²) in [6.45, 7) is 8.44. The number of piperazine rings is 1. The molecular formula is C18H21N5O2. The second kappa shape index (κ2) is 6.33. The molecule has 7 nitrogen and oxygen atoms in total. The third-order valence-electron chi connectivity index (χ3n) is 4.76. The summed E-state index contributed by atoms with van der Waals surface area (Å²) >= 11 is 0. The van der Waals surface area contributed by atoms with Crippen LogP contribution in [0, 0.1) is 13.8 Å². The maximum absolute atomic E-state index is 9.53. The molecule has 0 spiro atoms. The van der Waals surface area contributed by atoms with Gasteiger partial charge in [-0.1, -0.05) is 0 Å². The van der Waals surface area contributed by atoms with Crippen molar-refractivity contribution in [1.82, 2.24) is 19.9 Å². The number of aromatic nitrogens is 3. The van der Waals surface area contributed by atoms with Crippen molar-refractivity contribution in [3.05, 3.63) is 41.7 Å². The Labute approximate surface area is 145 Å². The molecule has 0 atom stereocenters. The van der Waals surface area contributed by atoms with Crippen LogP contribution >= 0.6 is 0 Å². The number of nitrogens with zero attached hydrogens (tertiary/aromatic N) is 5. The molecule has 0 amide bonds. The maximum Gasteiger partial charge on any atom is 0.209 e. The second-order valence-electron chi connectivity index (χ2n) is 6.43. The van der Waals surface area contributed by atoms with Crippen LogP contribution in [0.2, 0.25) is 0 Å². The highest BCUT2D eigenvalue weighted by Crippen LogP contribution is 2.23. The van der Waals surface area contributed by atoms with Gasteiger partial charge in [-0.05, 0) is 26.0 Å². The quantitative estimate of drug-likeness (QED) is 0.784. The summed E-state index contributed by atoms with van der Waals surface area (Å²) in [7, 11) is 0. The summed E-state index contributed by atoms with van der Waals surface area (Å²) in [5.41, 5.74) is 3.58. The van der Waals surface area contributed by atoms with Crippen molar-refractivity contribution in [3.8, 4) is 5.75 Å². The lowest BCUT2D eigenvalue weighted by Crippen LogP contribution is -2.46. The molecule has 0 saturated carbocycles. The van der Waals surface area contributed by atoms with E-state index in [0.717, 1.165) is 48.8 Å². The molecule has 25 heavy (non-hydrogen) atoms. The van der Waals surface area contributed by atoms with E-state index in [2.05, 4.69) is 31.7 Å². The first-order valence-corrected chi connectivity index (χ1v) is 8.44. The zero-order valence-corrected chi connectivity index (χ0v) is 14.4. The van der Waals surface area contributed by atoms with Gasteiger partial charge in [-0.2, -0.15) is 0 Å². The van der Waals surface area contributed by atoms with Gasteiger partial charge < -0.3 is 14.4 Å². The number of aryl methyl sites for hydroxylation is 1. The standard InChI is InChI=1S/C18H21N5O2/c1-12-13(2)19-11-20-18(12)23-7-5-22(6-8-23)10-17-21-15-4-3-14(24)9-16(15)25-17/h3-4,9,11,24H,5-8,10H2,1-2H3. The lowest BCUT2D eigenvalue weighted by molar-refractivity contribution is 0.228. The molecule has 1 aliphatic rings. The highest BCUT2D eigenvalue weighted by Gasteiger charge is 2.21. The van der Waals surface area contributed by atoms with E-state index in [4.69, 9.17) is 4.42 Å². The largest absolute Gasteiger partial charge is 0.508 e. The minimum Gasteiger partial charge on any atom is -0.508 e. The van der Waals surface area contributed by atoms with Gasteiger partial charge in [0.15, 0.2) is 5.58 Å². The van der Waals surface area contributed by atoms with E-state index in [9.17, 15) is 5.11 Å². The number of hydrogen-bond acceptors (Lipinski definition) is 7. The van der Waals surface area contributed by atoms with E-state index in [-0.39, 0.29) is 5.75 Å². The molecule has 1 aliphatic heterocycles. The molecule has 130 valence electrons. The average Bonchev–Trinajstić information content (AvgIpc) is 2.99. The molecule has 3 heterocycles. The van der Waals surface area contributed by atoms with Crippen LogP contribution in [0.15, 0.2) is 28.9 Å². The number of rotatable bonds is 3. The van der Waals surface area contributed by atoms with Crippen LogP contribution in [0.3, 0.4) is 0 Å². The second-order valence-corrected chi connectivity index (χ2v) is 6.43. The SMILES string of the molecule is Cc1ncnc(N2CCN(Cc3nc4ccc(O)cc4o3)CC2)c1C. The van der Waals surface area contributed by atoms with Gasteiger partial charge in [0.2, 0.25) is 5.89 Å². The molecule has 4 rings (SSSR count). The molecule has 1 aromatic carbocycles. The smallest absolute Gasteiger partial charge is 0.209 e. The summed E-state index contributed by atoms with van der Waals surface area (Å²) in [6, 6.07) is 5.00. The van der Waals surface area contributed by atoms with Crippen LogP contribution in [-0.2, 0) is 6.54 Å². The first kappa shape index (κ1) is 15.8. The Hall–Kier alpha value is -2.67. The summed E-state index contributed by atoms with van der Waals surface area (Å²) < 4.78 is 5.75. The van der Waals surface area contributed by atoms with Crippen molar-refractivity contribution in [2.45, 2.75) is 20.4 Å². The zero-order chi connectivity index (χ0) is 17.4. The predicted molar refractivity (Wildman–Crippen MR) is 94.7 cm³/mol. The molecule has 3 aromatic rings. The fourth-order valence-corrected chi connectivity index (χ4v) is 3.18. The summed E-state index contributed by atoms with van der Waals surface area (Å²) in [6.07, 6.45) is 1.64. The summed E-state index contributed by atoms with van der Waals surface area (Å²) in [5, 5.41) is 9.53. The van der Waals surface area contributed by atoms with Crippen molar-refractivity contribution in [2.24, 2.45) is 0 Å². The fourth-order valence-electron chi connectivity index (χ4n) is 3.18. The van der Waals surface area contributed by atoms with Crippen molar-refractivity contribution >= 4 is 16.9 Å². The molecular weight excluding hydrogens is 318 g/mol. The number of anilines is 1. The summed E-state index contributed by atoms with van der Waals surface area (Å²) in [4.78, 5) is 17.8. The zero-order valence-electron chi connectivity index (χ0n) is 14.4. The van der Waals surface area contributed by atoms with E-state index >= 15 is 0 Å². The molecule has 2 aromatic heterocycles. The van der Waals surface area contributed by atoms with E-state index in [1.165, 1.54) is 0 Å². The number of fused-ring (bicyclic) bond motifs is 1. The predicted octanol–water partition coefficient (Wildman–Crippen LogP) is 2.26. The topological polar surface area (TPSA) is 78.5 Å². The molecule has 7 heteroatoms. The third kappa shape index (κ3) is 3.15. The van der Waals surface area contributed by atoms with E-state index < -0.39 is 0 Å². The first-order chi connectivity index (χ1) is 12.1. The van der Waals surface area contributed by atoms with Crippen molar-refractivity contribution in [3.63, 3.8) is 0 Å². The van der Waals surface area contributed by atoms with E-state index in [0.29, 0.717) is 18.0 Å². The number of phenolic OH excluding ortho intramolecular Hbond substituents is 1. The van der Waals surface area contributed by atoms with Gasteiger partial charge in [0.05, 0.1) is 6.54 Å². The average molecular weight is 339 g/mol. The lowest BCUT2D eigenvalue weighted by atomic mass is 10.2. The Morgan fingerprint density at radius 2 is 1.92 bits per heavy atom. The van der Waals surface area contributed by atoms with Crippen molar-refractivity contribution in [2.75, 3.05) is 31.1 Å². The number of hydrogen-bond donors (Lipinski definition) is 1. The highest BCUT2D eigenvalue weighted by molar-refractivity contribution is 5.74. The van der Waals surface area contributed by atoms with Crippen LogP contribution < -0.4 is 4.90 Å². The van der Waals surface area contributed by atoms with Gasteiger partial charge in [-0.3, -0.25) is 4.90 Å². The first-order valence-electron chi connectivity index (χ1n) is 8.44. The fraction of sp³-hybridized carbons (Fsp3) is 0.389. The Morgan fingerprint density at radius 3 is 2.72 bits per heavy atom. The van der Waals surface area contributed by atoms with Crippen LogP contribution in [0.25, 0.3) is 11.1 Å². The van der Waals surface area contributed by atoms with Gasteiger partial charge in [0.25, 0.3) is 0 Å². The van der Waals surface area contributed by atoms with E-state index in [1.807, 2.05) is 6.92 Å². The molecule has 1 saturated heterocycles. The molecule has 0 aliphatic carbocycles. The van der Waals surface area contributed by atoms with E-state index in [1.54, 1.807) is 24.5 Å². The van der Waals surface area contributed by atoms with Gasteiger partial charge >= 0.3 is 0 Å². The van der Waals surface area contributed by atoms with Crippen LogP contribution in [0.4, 0.5) is 5.82 Å². The molecule has 1 fully saturated rings. The molecule has 1 N–H and O–H groups in total. The Kier molecular flexibility index (Phi) is 4.01.